The zero-order chi connectivity index (χ0) is 25.0. The van der Waals surface area contributed by atoms with Crippen molar-refractivity contribution in [3.63, 3.8) is 0 Å². The van der Waals surface area contributed by atoms with Crippen LogP contribution in [0.5, 0.6) is 11.5 Å². The van der Waals surface area contributed by atoms with Gasteiger partial charge in [0.1, 0.15) is 22.7 Å². The van der Waals surface area contributed by atoms with Crippen molar-refractivity contribution < 1.29 is 19.0 Å². The van der Waals surface area contributed by atoms with Crippen LogP contribution in [0, 0.1) is 27.7 Å². The molecular weight excluding hydrogens is 446 g/mol. The lowest BCUT2D eigenvalue weighted by Gasteiger charge is -2.20. The van der Waals surface area contributed by atoms with Crippen molar-refractivity contribution in [1.82, 2.24) is 4.98 Å². The fourth-order valence-electron chi connectivity index (χ4n) is 4.85. The van der Waals surface area contributed by atoms with Gasteiger partial charge in [0, 0.05) is 12.4 Å². The van der Waals surface area contributed by atoms with E-state index in [1.807, 2.05) is 26.0 Å². The van der Waals surface area contributed by atoms with E-state index in [0.717, 1.165) is 11.1 Å². The molecule has 0 saturated carbocycles. The van der Waals surface area contributed by atoms with Gasteiger partial charge in [-0.1, -0.05) is 12.1 Å². The molecular formula is C28H23NO6. The van der Waals surface area contributed by atoms with E-state index in [-0.39, 0.29) is 33.8 Å². The molecule has 2 N–H and O–H groups in total. The highest BCUT2D eigenvalue weighted by Crippen LogP contribution is 2.42. The number of aromatic nitrogens is 1. The van der Waals surface area contributed by atoms with E-state index in [4.69, 9.17) is 8.83 Å². The maximum absolute atomic E-state index is 13.3. The normalized spacial score (nSPS) is 11.6. The van der Waals surface area contributed by atoms with Gasteiger partial charge >= 0.3 is 11.3 Å². The fraction of sp³-hybridized carbons (Fsp3) is 0.179. The van der Waals surface area contributed by atoms with Crippen molar-refractivity contribution in [2.24, 2.45) is 0 Å². The first-order valence-corrected chi connectivity index (χ1v) is 11.1. The van der Waals surface area contributed by atoms with E-state index in [0.29, 0.717) is 27.5 Å². The summed E-state index contributed by atoms with van der Waals surface area (Å²) in [6, 6.07) is 10.3. The number of nitrogens with zero attached hydrogens (tertiary/aromatic N) is 1. The van der Waals surface area contributed by atoms with E-state index in [9.17, 15) is 19.8 Å². The average Bonchev–Trinajstić information content (AvgIpc) is 2.80. The van der Waals surface area contributed by atoms with Crippen LogP contribution >= 0.6 is 0 Å². The molecule has 0 fully saturated rings. The molecule has 0 unspecified atom stereocenters. The number of benzene rings is 2. The maximum Gasteiger partial charge on any atom is 0.344 e. The van der Waals surface area contributed by atoms with E-state index in [1.165, 1.54) is 12.4 Å². The molecule has 0 amide bonds. The van der Waals surface area contributed by atoms with E-state index < -0.39 is 17.2 Å². The van der Waals surface area contributed by atoms with Crippen molar-refractivity contribution in [3.05, 3.63) is 109 Å². The lowest BCUT2D eigenvalue weighted by atomic mass is 9.84. The van der Waals surface area contributed by atoms with Crippen molar-refractivity contribution >= 4 is 21.9 Å². The second-order valence-electron chi connectivity index (χ2n) is 8.93. The highest BCUT2D eigenvalue weighted by molar-refractivity contribution is 5.89. The largest absolute Gasteiger partial charge is 0.507 e. The first-order valence-electron chi connectivity index (χ1n) is 11.1. The molecule has 35 heavy (non-hydrogen) atoms. The van der Waals surface area contributed by atoms with Crippen LogP contribution in [0.1, 0.15) is 44.9 Å². The Bertz CT molecular complexity index is 1640. The summed E-state index contributed by atoms with van der Waals surface area (Å²) in [5.74, 6) is -1.80. The van der Waals surface area contributed by atoms with E-state index >= 15 is 0 Å². The Morgan fingerprint density at radius 1 is 0.714 bits per heavy atom. The van der Waals surface area contributed by atoms with Crippen molar-refractivity contribution in [2.75, 3.05) is 0 Å². The summed E-state index contributed by atoms with van der Waals surface area (Å²) in [5.41, 5.74) is 2.13. The summed E-state index contributed by atoms with van der Waals surface area (Å²) in [5, 5.41) is 23.4. The minimum absolute atomic E-state index is 0.167. The van der Waals surface area contributed by atoms with Gasteiger partial charge in [-0.05, 0) is 79.8 Å². The highest BCUT2D eigenvalue weighted by atomic mass is 16.4. The average molecular weight is 469 g/mol. The molecule has 3 aromatic heterocycles. The molecule has 5 aromatic rings. The van der Waals surface area contributed by atoms with Gasteiger partial charge in [-0.2, -0.15) is 0 Å². The second-order valence-corrected chi connectivity index (χ2v) is 8.93. The van der Waals surface area contributed by atoms with Crippen molar-refractivity contribution in [2.45, 2.75) is 33.6 Å². The smallest absolute Gasteiger partial charge is 0.344 e. The van der Waals surface area contributed by atoms with Crippen LogP contribution in [0.3, 0.4) is 0 Å². The molecule has 0 bridgehead atoms. The summed E-state index contributed by atoms with van der Waals surface area (Å²) in [6.45, 7) is 7.30. The van der Waals surface area contributed by atoms with Crippen LogP contribution in [0.4, 0.5) is 0 Å². The Labute approximate surface area is 199 Å². The van der Waals surface area contributed by atoms with Gasteiger partial charge in [-0.3, -0.25) is 4.98 Å². The third-order valence-corrected chi connectivity index (χ3v) is 6.30. The quantitative estimate of drug-likeness (QED) is 0.353. The predicted molar refractivity (Wildman–Crippen MR) is 132 cm³/mol. The maximum atomic E-state index is 13.3. The van der Waals surface area contributed by atoms with Crippen LogP contribution in [-0.2, 0) is 0 Å². The number of rotatable bonds is 3. The molecule has 3 heterocycles. The van der Waals surface area contributed by atoms with Gasteiger partial charge in [-0.25, -0.2) is 9.59 Å². The molecule has 176 valence electrons. The highest BCUT2D eigenvalue weighted by Gasteiger charge is 2.33. The summed E-state index contributed by atoms with van der Waals surface area (Å²) in [4.78, 5) is 30.7. The van der Waals surface area contributed by atoms with Crippen LogP contribution in [0.15, 0.2) is 67.2 Å². The third kappa shape index (κ3) is 3.56. The predicted octanol–water partition coefficient (Wildman–Crippen LogP) is 5.12. The number of aromatic hydroxyl groups is 2. The molecule has 0 saturated heterocycles. The van der Waals surface area contributed by atoms with Gasteiger partial charge in [0.2, 0.25) is 0 Å². The van der Waals surface area contributed by atoms with Crippen LogP contribution < -0.4 is 11.3 Å². The second kappa shape index (κ2) is 8.13. The number of hydrogen-bond acceptors (Lipinski definition) is 7. The first-order chi connectivity index (χ1) is 16.7. The molecule has 0 aliphatic rings. The van der Waals surface area contributed by atoms with E-state index in [1.54, 1.807) is 38.1 Å². The zero-order valence-electron chi connectivity index (χ0n) is 19.7. The lowest BCUT2D eigenvalue weighted by Crippen LogP contribution is -2.21. The Kier molecular flexibility index (Phi) is 5.20. The summed E-state index contributed by atoms with van der Waals surface area (Å²) in [6.07, 6.45) is 3.01. The van der Waals surface area contributed by atoms with Crippen LogP contribution in [0.25, 0.3) is 21.9 Å². The van der Waals surface area contributed by atoms with Gasteiger partial charge in [0.15, 0.2) is 0 Å². The number of aryl methyl sites for hydroxylation is 4. The number of fused-ring (bicyclic) bond motifs is 2. The standard InChI is InChI=1S/C28H23NO6/c1-13-9-15(3)25-18(11-13)23(30)21(27(32)34-25)20(17-5-7-29-8-6-17)22-24(31)19-12-14(2)10-16(4)26(19)35-28(22)33/h5-12,20,30-31H,1-4H3. The summed E-state index contributed by atoms with van der Waals surface area (Å²) >= 11 is 0. The molecule has 2 aromatic carbocycles. The SMILES string of the molecule is Cc1cc(C)c2oc(=O)c(C(c3ccncc3)c3c(O)c4cc(C)cc(C)c4oc3=O)c(O)c2c1. The summed E-state index contributed by atoms with van der Waals surface area (Å²) < 4.78 is 11.3. The van der Waals surface area contributed by atoms with Crippen molar-refractivity contribution in [3.8, 4) is 11.5 Å². The van der Waals surface area contributed by atoms with Gasteiger partial charge in [-0.15, -0.1) is 0 Å². The number of hydrogen-bond donors (Lipinski definition) is 2. The van der Waals surface area contributed by atoms with Gasteiger partial charge in [0.05, 0.1) is 27.8 Å². The Balaban J connectivity index is 1.93. The van der Waals surface area contributed by atoms with Gasteiger partial charge < -0.3 is 19.0 Å². The Morgan fingerprint density at radius 3 is 1.57 bits per heavy atom. The molecule has 0 spiro atoms. The van der Waals surface area contributed by atoms with Crippen molar-refractivity contribution in [1.29, 1.82) is 0 Å². The van der Waals surface area contributed by atoms with E-state index in [2.05, 4.69) is 4.98 Å². The van der Waals surface area contributed by atoms with Gasteiger partial charge in [0.25, 0.3) is 0 Å². The van der Waals surface area contributed by atoms with Crippen LogP contribution in [0.2, 0.25) is 0 Å². The minimum Gasteiger partial charge on any atom is -0.507 e. The molecule has 0 atom stereocenters. The molecule has 0 aliphatic carbocycles. The fourth-order valence-corrected chi connectivity index (χ4v) is 4.85. The topological polar surface area (TPSA) is 114 Å². The molecule has 0 radical (unpaired) electrons. The monoisotopic (exact) mass is 469 g/mol. The molecule has 7 heteroatoms. The molecule has 5 rings (SSSR count). The summed E-state index contributed by atoms with van der Waals surface area (Å²) in [7, 11) is 0. The van der Waals surface area contributed by atoms with Crippen LogP contribution in [-0.4, -0.2) is 15.2 Å². The zero-order valence-corrected chi connectivity index (χ0v) is 19.7. The molecule has 0 aliphatic heterocycles. The Morgan fingerprint density at radius 2 is 1.14 bits per heavy atom. The lowest BCUT2D eigenvalue weighted by molar-refractivity contribution is 0.441. The Hall–Kier alpha value is -4.39. The number of pyridine rings is 1. The minimum atomic E-state index is -1.17. The third-order valence-electron chi connectivity index (χ3n) is 6.30. The molecule has 7 nitrogen and oxygen atoms in total. The first kappa shape index (κ1) is 22.4.